The van der Waals surface area contributed by atoms with Gasteiger partial charge in [0.15, 0.2) is 0 Å². The zero-order chi connectivity index (χ0) is 51.3. The number of likely N-dealkylation sites (N-methyl/N-ethyl adjacent to an activating group) is 1. The van der Waals surface area contributed by atoms with Crippen LogP contribution in [0.4, 0.5) is 0 Å². The summed E-state index contributed by atoms with van der Waals surface area (Å²) in [6, 6.07) is -0.869. The van der Waals surface area contributed by atoms with Crippen LogP contribution < -0.4 is 5.32 Å². The van der Waals surface area contributed by atoms with Gasteiger partial charge in [-0.15, -0.1) is 0 Å². The Kier molecular flexibility index (Phi) is 50.7. The molecule has 0 heterocycles. The molecule has 0 fully saturated rings. The molecule has 3 N–H and O–H groups in total. The molecule has 0 saturated heterocycles. The number of amides is 1. The van der Waals surface area contributed by atoms with Crippen LogP contribution in [0.25, 0.3) is 0 Å². The van der Waals surface area contributed by atoms with Crippen LogP contribution in [0.3, 0.4) is 0 Å². The van der Waals surface area contributed by atoms with Gasteiger partial charge in [-0.3, -0.25) is 13.8 Å². The first-order valence-corrected chi connectivity index (χ1v) is 31.2. The van der Waals surface area contributed by atoms with Gasteiger partial charge in [-0.1, -0.05) is 254 Å². The fourth-order valence-electron chi connectivity index (χ4n) is 8.53. The Morgan fingerprint density at radius 3 is 1.27 bits per heavy atom. The molecule has 0 aliphatic carbocycles. The van der Waals surface area contributed by atoms with Gasteiger partial charge < -0.3 is 19.8 Å². The Bertz CT molecular complexity index is 1320. The Balaban J connectivity index is 3.92. The van der Waals surface area contributed by atoms with Crippen molar-refractivity contribution in [3.63, 3.8) is 0 Å². The highest BCUT2D eigenvalue weighted by atomic mass is 31.2. The normalized spacial score (nSPS) is 14.3. The molecule has 0 aliphatic heterocycles. The van der Waals surface area contributed by atoms with E-state index in [9.17, 15) is 19.4 Å². The van der Waals surface area contributed by atoms with E-state index in [2.05, 4.69) is 67.8 Å². The monoisotopic (exact) mass is 1000 g/mol. The topological polar surface area (TPSA) is 105 Å². The zero-order valence-electron chi connectivity index (χ0n) is 46.8. The third-order valence-corrected chi connectivity index (χ3v) is 14.2. The summed E-state index contributed by atoms with van der Waals surface area (Å²) < 4.78 is 23.6. The number of carbonyl (C=O) groups is 1. The van der Waals surface area contributed by atoms with E-state index in [1.165, 1.54) is 193 Å². The van der Waals surface area contributed by atoms with Crippen LogP contribution in [0.2, 0.25) is 0 Å². The highest BCUT2D eigenvalue weighted by Crippen LogP contribution is 2.43. The van der Waals surface area contributed by atoms with Crippen molar-refractivity contribution < 1.29 is 32.9 Å². The van der Waals surface area contributed by atoms with Crippen molar-refractivity contribution in [2.45, 2.75) is 283 Å². The van der Waals surface area contributed by atoms with Gasteiger partial charge >= 0.3 is 7.82 Å². The molecule has 3 unspecified atom stereocenters. The number of allylic oxidation sites excluding steroid dienone is 9. The van der Waals surface area contributed by atoms with Crippen LogP contribution in [0.1, 0.15) is 271 Å². The van der Waals surface area contributed by atoms with Crippen LogP contribution >= 0.6 is 7.82 Å². The Labute approximate surface area is 434 Å². The maximum Gasteiger partial charge on any atom is 0.472 e. The van der Waals surface area contributed by atoms with Gasteiger partial charge in [-0.25, -0.2) is 4.57 Å². The summed E-state index contributed by atoms with van der Waals surface area (Å²) in [5.41, 5.74) is 0. The standard InChI is InChI=1S/C61H115N2O6P/c1-6-8-10-12-14-16-18-19-20-21-22-23-24-25-26-27-28-29-30-31-32-33-34-35-36-37-38-39-40-41-42-43-45-47-49-51-53-55-61(65)62-59(58-69-70(66,67)68-57-56-63(3,4)5)60(64)54-52-50-48-46-44-17-15-13-11-9-7-2/h11,13,26-27,29-30,44,46,52,54,59-60,64H,6-10,12,14-25,28,31-43,45,47-51,53,55-58H2,1-5H3,(H-,62,65,66,67)/p+1/b13-11+,27-26-,30-29-,46-44+,54-52+. The largest absolute Gasteiger partial charge is 0.472 e. The fraction of sp³-hybridized carbons (Fsp3) is 0.820. The van der Waals surface area contributed by atoms with Crippen molar-refractivity contribution >= 4 is 13.7 Å². The minimum absolute atomic E-state index is 0.0524. The van der Waals surface area contributed by atoms with Crippen LogP contribution in [-0.2, 0) is 18.4 Å². The van der Waals surface area contributed by atoms with Gasteiger partial charge in [0, 0.05) is 6.42 Å². The van der Waals surface area contributed by atoms with Crippen LogP contribution in [-0.4, -0.2) is 73.4 Å². The van der Waals surface area contributed by atoms with E-state index >= 15 is 0 Å². The van der Waals surface area contributed by atoms with Crippen LogP contribution in [0.15, 0.2) is 60.8 Å². The predicted octanol–water partition coefficient (Wildman–Crippen LogP) is 18.1. The van der Waals surface area contributed by atoms with E-state index in [4.69, 9.17) is 9.05 Å². The van der Waals surface area contributed by atoms with Gasteiger partial charge in [0.2, 0.25) is 5.91 Å². The van der Waals surface area contributed by atoms with Gasteiger partial charge in [0.1, 0.15) is 13.2 Å². The minimum Gasteiger partial charge on any atom is -0.387 e. The molecule has 0 spiro atoms. The molecule has 0 saturated carbocycles. The SMILES string of the molecule is CCC/C=C/CC/C=C/CC/C=C/C(O)C(COP(=O)(O)OCC[N+](C)(C)C)NC(=O)CCCCCCCCCCCCCCCCCCC/C=C\C/C=C\CCCCCCCCCCCCCCC. The predicted molar refractivity (Wildman–Crippen MR) is 304 cm³/mol. The molecule has 0 bridgehead atoms. The lowest BCUT2D eigenvalue weighted by Crippen LogP contribution is -2.45. The molecule has 0 aromatic heterocycles. The first-order chi connectivity index (χ1) is 34.0. The fourth-order valence-corrected chi connectivity index (χ4v) is 9.26. The number of carbonyl (C=O) groups excluding carboxylic acids is 1. The number of aliphatic hydroxyl groups excluding tert-OH is 1. The van der Waals surface area contributed by atoms with Crippen molar-refractivity contribution in [2.24, 2.45) is 0 Å². The minimum atomic E-state index is -4.35. The van der Waals surface area contributed by atoms with Gasteiger partial charge in [-0.05, 0) is 70.6 Å². The maximum atomic E-state index is 12.9. The van der Waals surface area contributed by atoms with Crippen molar-refractivity contribution in [3.8, 4) is 0 Å². The van der Waals surface area contributed by atoms with E-state index in [-0.39, 0.29) is 19.1 Å². The number of nitrogens with one attached hydrogen (secondary N) is 1. The number of nitrogens with zero attached hydrogens (tertiary/aromatic N) is 1. The molecule has 0 aromatic rings. The number of rotatable bonds is 54. The average molecular weight is 1000 g/mol. The number of phosphoric acid groups is 1. The second kappa shape index (κ2) is 52.1. The van der Waals surface area contributed by atoms with E-state index < -0.39 is 20.0 Å². The zero-order valence-corrected chi connectivity index (χ0v) is 47.7. The summed E-state index contributed by atoms with van der Waals surface area (Å²) in [4.78, 5) is 23.2. The second-order valence-corrected chi connectivity index (χ2v) is 22.8. The lowest BCUT2D eigenvalue weighted by Gasteiger charge is -2.25. The molecule has 410 valence electrons. The molecule has 70 heavy (non-hydrogen) atoms. The van der Waals surface area contributed by atoms with Crippen molar-refractivity contribution in [2.75, 3.05) is 40.9 Å². The second-order valence-electron chi connectivity index (χ2n) is 21.3. The average Bonchev–Trinajstić information content (AvgIpc) is 3.32. The van der Waals surface area contributed by atoms with Crippen molar-refractivity contribution in [3.05, 3.63) is 60.8 Å². The van der Waals surface area contributed by atoms with Gasteiger partial charge in [0.25, 0.3) is 0 Å². The van der Waals surface area contributed by atoms with E-state index in [1.807, 2.05) is 27.2 Å². The molecule has 0 aliphatic rings. The summed E-state index contributed by atoms with van der Waals surface area (Å²) >= 11 is 0. The number of hydrogen-bond acceptors (Lipinski definition) is 5. The molecule has 1 amide bonds. The molecular weight excluding hydrogens is 888 g/mol. The first-order valence-electron chi connectivity index (χ1n) is 29.7. The van der Waals surface area contributed by atoms with Crippen LogP contribution in [0, 0.1) is 0 Å². The summed E-state index contributed by atoms with van der Waals surface area (Å²) in [6.45, 7) is 4.72. The maximum absolute atomic E-state index is 12.9. The Morgan fingerprint density at radius 2 is 0.857 bits per heavy atom. The number of quaternary nitrogens is 1. The lowest BCUT2D eigenvalue weighted by molar-refractivity contribution is -0.870. The summed E-state index contributed by atoms with van der Waals surface area (Å²) in [7, 11) is 1.54. The molecule has 3 atom stereocenters. The highest BCUT2D eigenvalue weighted by molar-refractivity contribution is 7.47. The summed E-state index contributed by atoms with van der Waals surface area (Å²) in [5, 5.41) is 13.8. The van der Waals surface area contributed by atoms with E-state index in [1.54, 1.807) is 6.08 Å². The molecule has 9 heteroatoms. The van der Waals surface area contributed by atoms with E-state index in [0.29, 0.717) is 17.4 Å². The Morgan fingerprint density at radius 1 is 0.486 bits per heavy atom. The lowest BCUT2D eigenvalue weighted by atomic mass is 10.0. The molecular formula is C61H116N2O6P+. The smallest absolute Gasteiger partial charge is 0.387 e. The summed E-state index contributed by atoms with van der Waals surface area (Å²) in [5.74, 6) is -0.192. The molecule has 0 radical (unpaired) electrons. The quantitative estimate of drug-likeness (QED) is 0.0243. The molecule has 8 nitrogen and oxygen atoms in total. The first kappa shape index (κ1) is 68.2. The van der Waals surface area contributed by atoms with Gasteiger partial charge in [0.05, 0.1) is 39.9 Å². The third kappa shape index (κ3) is 54.0. The van der Waals surface area contributed by atoms with Crippen LogP contribution in [0.5, 0.6) is 0 Å². The number of phosphoric ester groups is 1. The van der Waals surface area contributed by atoms with Crippen molar-refractivity contribution in [1.82, 2.24) is 5.32 Å². The van der Waals surface area contributed by atoms with Crippen molar-refractivity contribution in [1.29, 1.82) is 0 Å². The molecule has 0 aromatic carbocycles. The number of aliphatic hydroxyl groups is 1. The highest BCUT2D eigenvalue weighted by Gasteiger charge is 2.27. The number of hydrogen-bond donors (Lipinski definition) is 3. The Hall–Kier alpha value is -1.80. The van der Waals surface area contributed by atoms with Gasteiger partial charge in [-0.2, -0.15) is 0 Å². The summed E-state index contributed by atoms with van der Waals surface area (Å²) in [6.07, 6.45) is 70.8. The number of unbranched alkanes of at least 4 members (excludes halogenated alkanes) is 33. The van der Waals surface area contributed by atoms with E-state index in [0.717, 1.165) is 57.8 Å². The molecule has 0 rings (SSSR count). The third-order valence-electron chi connectivity index (χ3n) is 13.2.